The molecule has 1 aliphatic carbocycles. The molecule has 0 bridgehead atoms. The first-order chi connectivity index (χ1) is 9.50. The summed E-state index contributed by atoms with van der Waals surface area (Å²) in [6.45, 7) is 1.37. The van der Waals surface area contributed by atoms with Crippen LogP contribution in [0.2, 0.25) is 0 Å². The molecule has 1 N–H and O–H groups in total. The molecule has 2 nitrogen and oxygen atoms in total. The van der Waals surface area contributed by atoms with E-state index < -0.39 is 11.7 Å². The topological polar surface area (TPSA) is 23.5 Å². The van der Waals surface area contributed by atoms with Crippen molar-refractivity contribution in [1.82, 2.24) is 4.90 Å². The minimum absolute atomic E-state index is 0.117. The highest BCUT2D eigenvalue weighted by Crippen LogP contribution is 2.31. The van der Waals surface area contributed by atoms with Crippen LogP contribution >= 0.6 is 0 Å². The van der Waals surface area contributed by atoms with Gasteiger partial charge in [0.05, 0.1) is 5.56 Å². The van der Waals surface area contributed by atoms with E-state index in [-0.39, 0.29) is 6.61 Å². The third kappa shape index (κ3) is 3.96. The van der Waals surface area contributed by atoms with Crippen molar-refractivity contribution in [2.24, 2.45) is 0 Å². The molecule has 112 valence electrons. The first kappa shape index (κ1) is 15.3. The second-order valence-electron chi connectivity index (χ2n) is 5.33. The van der Waals surface area contributed by atoms with Crippen molar-refractivity contribution in [2.45, 2.75) is 44.4 Å². The number of hydrogen-bond acceptors (Lipinski definition) is 2. The third-order valence-electron chi connectivity index (χ3n) is 3.83. The first-order valence-corrected chi connectivity index (χ1v) is 7.02. The normalized spacial score (nSPS) is 16.4. The summed E-state index contributed by atoms with van der Waals surface area (Å²) in [7, 11) is 0. The molecule has 1 aliphatic rings. The number of halogens is 3. The lowest BCUT2D eigenvalue weighted by Crippen LogP contribution is -2.40. The molecule has 1 saturated carbocycles. The molecule has 1 fully saturated rings. The molecule has 0 unspecified atom stereocenters. The second-order valence-corrected chi connectivity index (χ2v) is 5.33. The number of alkyl halides is 3. The maximum Gasteiger partial charge on any atom is 0.416 e. The number of aliphatic hydroxyl groups excluding tert-OH is 1. The van der Waals surface area contributed by atoms with Crippen LogP contribution in [0.15, 0.2) is 24.3 Å². The van der Waals surface area contributed by atoms with Crippen LogP contribution in [-0.4, -0.2) is 29.2 Å². The van der Waals surface area contributed by atoms with Crippen molar-refractivity contribution in [3.8, 4) is 0 Å². The molecule has 0 amide bonds. The van der Waals surface area contributed by atoms with Crippen LogP contribution in [-0.2, 0) is 12.7 Å². The monoisotopic (exact) mass is 287 g/mol. The van der Waals surface area contributed by atoms with E-state index in [0.717, 1.165) is 25.5 Å². The quantitative estimate of drug-likeness (QED) is 0.866. The van der Waals surface area contributed by atoms with Crippen molar-refractivity contribution >= 4 is 0 Å². The zero-order valence-electron chi connectivity index (χ0n) is 11.4. The Labute approximate surface area is 117 Å². The zero-order chi connectivity index (χ0) is 14.6. The van der Waals surface area contributed by atoms with Crippen LogP contribution in [0.5, 0.6) is 0 Å². The zero-order valence-corrected chi connectivity index (χ0v) is 11.4. The van der Waals surface area contributed by atoms with E-state index in [4.69, 9.17) is 5.11 Å². The Morgan fingerprint density at radius 2 is 2.00 bits per heavy atom. The largest absolute Gasteiger partial charge is 0.416 e. The summed E-state index contributed by atoms with van der Waals surface area (Å²) in [6.07, 6.45) is -0.241. The molecule has 0 aliphatic heterocycles. The van der Waals surface area contributed by atoms with Crippen LogP contribution < -0.4 is 0 Å². The van der Waals surface area contributed by atoms with Gasteiger partial charge in [0.25, 0.3) is 0 Å². The summed E-state index contributed by atoms with van der Waals surface area (Å²) in [5.74, 6) is 0. The fraction of sp³-hybridized carbons (Fsp3) is 0.600. The number of rotatable bonds is 6. The van der Waals surface area contributed by atoms with E-state index in [1.54, 1.807) is 6.07 Å². The summed E-state index contributed by atoms with van der Waals surface area (Å²) < 4.78 is 38.1. The summed E-state index contributed by atoms with van der Waals surface area (Å²) in [5, 5.41) is 8.93. The van der Waals surface area contributed by atoms with Crippen molar-refractivity contribution in [2.75, 3.05) is 13.2 Å². The Balaban J connectivity index is 2.05. The average molecular weight is 287 g/mol. The molecule has 5 heteroatoms. The maximum absolute atomic E-state index is 12.7. The van der Waals surface area contributed by atoms with Gasteiger partial charge in [-0.15, -0.1) is 0 Å². The van der Waals surface area contributed by atoms with E-state index in [2.05, 4.69) is 4.90 Å². The highest BCUT2D eigenvalue weighted by molar-refractivity contribution is 5.25. The number of aliphatic hydroxyl groups is 1. The van der Waals surface area contributed by atoms with Gasteiger partial charge in [0.1, 0.15) is 0 Å². The highest BCUT2D eigenvalue weighted by Gasteiger charge is 2.31. The van der Waals surface area contributed by atoms with Gasteiger partial charge in [0, 0.05) is 25.7 Å². The lowest BCUT2D eigenvalue weighted by atomic mass is 9.91. The molecule has 0 saturated heterocycles. The molecule has 1 aromatic rings. The number of hydrogen-bond donors (Lipinski definition) is 1. The Morgan fingerprint density at radius 3 is 2.55 bits per heavy atom. The summed E-state index contributed by atoms with van der Waals surface area (Å²) in [5.41, 5.74) is 0.0929. The molecular weight excluding hydrogens is 267 g/mol. The van der Waals surface area contributed by atoms with Crippen molar-refractivity contribution < 1.29 is 18.3 Å². The summed E-state index contributed by atoms with van der Waals surface area (Å²) >= 11 is 0. The minimum Gasteiger partial charge on any atom is -0.396 e. The van der Waals surface area contributed by atoms with Crippen LogP contribution in [0.3, 0.4) is 0 Å². The lowest BCUT2D eigenvalue weighted by Gasteiger charge is -2.37. The molecule has 2 rings (SSSR count). The van der Waals surface area contributed by atoms with Gasteiger partial charge in [-0.3, -0.25) is 4.90 Å². The predicted octanol–water partition coefficient (Wildman–Crippen LogP) is 3.44. The summed E-state index contributed by atoms with van der Waals surface area (Å²) in [4.78, 5) is 2.19. The van der Waals surface area contributed by atoms with Gasteiger partial charge < -0.3 is 5.11 Å². The fourth-order valence-corrected chi connectivity index (χ4v) is 2.50. The minimum atomic E-state index is -4.29. The van der Waals surface area contributed by atoms with E-state index in [1.165, 1.54) is 18.6 Å². The van der Waals surface area contributed by atoms with Gasteiger partial charge >= 0.3 is 6.18 Å². The van der Waals surface area contributed by atoms with Crippen LogP contribution in [0.1, 0.15) is 36.8 Å². The summed E-state index contributed by atoms with van der Waals surface area (Å²) in [6, 6.07) is 5.98. The van der Waals surface area contributed by atoms with E-state index in [9.17, 15) is 13.2 Å². The third-order valence-corrected chi connectivity index (χ3v) is 3.83. The van der Waals surface area contributed by atoms with Gasteiger partial charge in [-0.05, 0) is 30.9 Å². The Bertz CT molecular complexity index is 429. The van der Waals surface area contributed by atoms with E-state index in [1.807, 2.05) is 0 Å². The van der Waals surface area contributed by atoms with Crippen LogP contribution in [0.4, 0.5) is 13.2 Å². The number of nitrogens with zero attached hydrogens (tertiary/aromatic N) is 1. The van der Waals surface area contributed by atoms with E-state index >= 15 is 0 Å². The van der Waals surface area contributed by atoms with Crippen LogP contribution in [0.25, 0.3) is 0 Å². The smallest absolute Gasteiger partial charge is 0.396 e. The average Bonchev–Trinajstić information content (AvgIpc) is 2.33. The standard InChI is InChI=1S/C15H20F3NO/c16-15(17,18)13-5-1-4-12(10-13)11-19(8-3-9-20)14-6-2-7-14/h1,4-5,10,14,20H,2-3,6-9,11H2. The van der Waals surface area contributed by atoms with Gasteiger partial charge in [-0.25, -0.2) is 0 Å². The Hall–Kier alpha value is -1.07. The molecule has 0 aromatic heterocycles. The van der Waals surface area contributed by atoms with Crippen molar-refractivity contribution in [3.63, 3.8) is 0 Å². The fourth-order valence-electron chi connectivity index (χ4n) is 2.50. The number of benzene rings is 1. The lowest BCUT2D eigenvalue weighted by molar-refractivity contribution is -0.137. The first-order valence-electron chi connectivity index (χ1n) is 7.02. The molecular formula is C15H20F3NO. The van der Waals surface area contributed by atoms with E-state index in [0.29, 0.717) is 24.6 Å². The van der Waals surface area contributed by atoms with Crippen molar-refractivity contribution in [3.05, 3.63) is 35.4 Å². The highest BCUT2D eigenvalue weighted by atomic mass is 19.4. The van der Waals surface area contributed by atoms with Gasteiger partial charge in [-0.1, -0.05) is 24.6 Å². The molecule has 0 spiro atoms. The van der Waals surface area contributed by atoms with Crippen molar-refractivity contribution in [1.29, 1.82) is 0 Å². The molecule has 0 heterocycles. The molecule has 0 radical (unpaired) electrons. The van der Waals surface area contributed by atoms with Gasteiger partial charge in [-0.2, -0.15) is 13.2 Å². The molecule has 20 heavy (non-hydrogen) atoms. The van der Waals surface area contributed by atoms with Gasteiger partial charge in [0.15, 0.2) is 0 Å². The SMILES string of the molecule is OCCCN(Cc1cccc(C(F)(F)F)c1)C1CCC1. The Morgan fingerprint density at radius 1 is 1.25 bits per heavy atom. The Kier molecular flexibility index (Phi) is 5.05. The van der Waals surface area contributed by atoms with Crippen LogP contribution in [0, 0.1) is 0 Å². The molecule has 1 aromatic carbocycles. The van der Waals surface area contributed by atoms with Gasteiger partial charge in [0.2, 0.25) is 0 Å². The second kappa shape index (κ2) is 6.59. The maximum atomic E-state index is 12.7. The predicted molar refractivity (Wildman–Crippen MR) is 71.2 cm³/mol. The molecule has 0 atom stereocenters.